The van der Waals surface area contributed by atoms with E-state index in [2.05, 4.69) is 38.2 Å². The number of carbonyl (C=O) groups is 2. The number of unbranched alkanes of at least 4 members (excludes halogenated alkanes) is 40. The molecule has 0 aromatic heterocycles. The molecule has 1 atom stereocenters. The Morgan fingerprint density at radius 2 is 0.645 bits per heavy atom. The molecule has 1 N–H and O–H groups in total. The number of allylic oxidation sites excluding steroid dienone is 4. The standard InChI is InChI=1S/C57H108O5/c1-3-5-7-9-11-13-15-16-17-18-19-20-21-22-23-24-25-26-27-28-29-30-31-32-33-34-35-36-37-38-39-40-42-44-46-48-50-52-57(60)62-55(53-58)54-61-56(59)51-49-47-45-43-41-14-12-10-8-6-4-2/h15-16,18-19,55,58H,3-14,17,20-54H2,1-2H3/b16-15-,19-18-. The Morgan fingerprint density at radius 1 is 0.371 bits per heavy atom. The summed E-state index contributed by atoms with van der Waals surface area (Å²) in [6.45, 7) is 4.15. The third kappa shape index (κ3) is 51.0. The monoisotopic (exact) mass is 873 g/mol. The van der Waals surface area contributed by atoms with Gasteiger partial charge >= 0.3 is 11.9 Å². The van der Waals surface area contributed by atoms with E-state index in [4.69, 9.17) is 9.47 Å². The normalized spacial score (nSPS) is 12.2. The van der Waals surface area contributed by atoms with Crippen molar-refractivity contribution in [2.45, 2.75) is 315 Å². The van der Waals surface area contributed by atoms with Crippen LogP contribution >= 0.6 is 0 Å². The molecule has 0 aliphatic carbocycles. The molecule has 0 aliphatic rings. The molecule has 0 bridgehead atoms. The number of ether oxygens (including phenoxy) is 2. The van der Waals surface area contributed by atoms with E-state index in [0.717, 1.165) is 44.9 Å². The summed E-state index contributed by atoms with van der Waals surface area (Å²) in [5.41, 5.74) is 0. The minimum atomic E-state index is -0.764. The van der Waals surface area contributed by atoms with Crippen LogP contribution in [-0.2, 0) is 19.1 Å². The topological polar surface area (TPSA) is 72.8 Å². The third-order valence-electron chi connectivity index (χ3n) is 12.7. The molecular formula is C57H108O5. The fourth-order valence-corrected chi connectivity index (χ4v) is 8.53. The molecule has 0 fully saturated rings. The van der Waals surface area contributed by atoms with E-state index in [-0.39, 0.29) is 25.2 Å². The van der Waals surface area contributed by atoms with Crippen molar-refractivity contribution in [3.05, 3.63) is 24.3 Å². The van der Waals surface area contributed by atoms with Crippen LogP contribution in [0.3, 0.4) is 0 Å². The Balaban J connectivity index is 3.35. The van der Waals surface area contributed by atoms with Gasteiger partial charge in [-0.1, -0.05) is 276 Å². The zero-order valence-electron chi connectivity index (χ0n) is 41.9. The summed E-state index contributed by atoms with van der Waals surface area (Å²) < 4.78 is 10.7. The first-order valence-electron chi connectivity index (χ1n) is 27.9. The van der Waals surface area contributed by atoms with E-state index in [1.807, 2.05) is 0 Å². The highest BCUT2D eigenvalue weighted by Gasteiger charge is 2.16. The van der Waals surface area contributed by atoms with Crippen molar-refractivity contribution in [3.63, 3.8) is 0 Å². The number of esters is 2. The second-order valence-electron chi connectivity index (χ2n) is 19.0. The van der Waals surface area contributed by atoms with Crippen LogP contribution in [0.5, 0.6) is 0 Å². The summed E-state index contributed by atoms with van der Waals surface area (Å²) in [5, 5.41) is 9.60. The van der Waals surface area contributed by atoms with Crippen molar-refractivity contribution >= 4 is 11.9 Å². The van der Waals surface area contributed by atoms with Crippen molar-refractivity contribution < 1.29 is 24.2 Å². The van der Waals surface area contributed by atoms with E-state index in [0.29, 0.717) is 12.8 Å². The van der Waals surface area contributed by atoms with Crippen LogP contribution in [0.2, 0.25) is 0 Å². The molecule has 0 aromatic rings. The van der Waals surface area contributed by atoms with Crippen molar-refractivity contribution in [3.8, 4) is 0 Å². The van der Waals surface area contributed by atoms with E-state index < -0.39 is 6.10 Å². The summed E-state index contributed by atoms with van der Waals surface area (Å²) in [6, 6.07) is 0. The first-order valence-corrected chi connectivity index (χ1v) is 27.9. The fraction of sp³-hybridized carbons (Fsp3) is 0.895. The predicted octanol–water partition coefficient (Wildman–Crippen LogP) is 18.5. The number of aliphatic hydroxyl groups is 1. The number of rotatable bonds is 52. The summed E-state index contributed by atoms with van der Waals surface area (Å²) in [5.74, 6) is -0.574. The molecule has 366 valence electrons. The first kappa shape index (κ1) is 60.4. The van der Waals surface area contributed by atoms with Gasteiger partial charge in [0.1, 0.15) is 6.61 Å². The number of hydrogen-bond donors (Lipinski definition) is 1. The lowest BCUT2D eigenvalue weighted by molar-refractivity contribution is -0.161. The van der Waals surface area contributed by atoms with Gasteiger partial charge in [0.25, 0.3) is 0 Å². The van der Waals surface area contributed by atoms with Crippen LogP contribution in [0.25, 0.3) is 0 Å². The molecule has 0 spiro atoms. The Labute approximate surface area is 387 Å². The molecule has 0 radical (unpaired) electrons. The molecule has 0 rings (SSSR count). The van der Waals surface area contributed by atoms with Crippen molar-refractivity contribution in [2.75, 3.05) is 13.2 Å². The highest BCUT2D eigenvalue weighted by atomic mass is 16.6. The second kappa shape index (κ2) is 53.7. The molecule has 1 unspecified atom stereocenters. The number of hydrogen-bond acceptors (Lipinski definition) is 5. The molecule has 5 nitrogen and oxygen atoms in total. The molecule has 0 aromatic carbocycles. The maximum absolute atomic E-state index is 12.3. The van der Waals surface area contributed by atoms with Crippen molar-refractivity contribution in [1.29, 1.82) is 0 Å². The molecule has 5 heteroatoms. The lowest BCUT2D eigenvalue weighted by Gasteiger charge is -2.15. The Bertz CT molecular complexity index is 943. The largest absolute Gasteiger partial charge is 0.462 e. The number of carbonyl (C=O) groups excluding carboxylic acids is 2. The van der Waals surface area contributed by atoms with Gasteiger partial charge in [-0.2, -0.15) is 0 Å². The average molecular weight is 873 g/mol. The van der Waals surface area contributed by atoms with Crippen LogP contribution in [0.4, 0.5) is 0 Å². The minimum Gasteiger partial charge on any atom is -0.462 e. The summed E-state index contributed by atoms with van der Waals surface area (Å²) in [7, 11) is 0. The molecule has 62 heavy (non-hydrogen) atoms. The average Bonchev–Trinajstić information content (AvgIpc) is 3.28. The summed E-state index contributed by atoms with van der Waals surface area (Å²) >= 11 is 0. The maximum atomic E-state index is 12.3. The van der Waals surface area contributed by atoms with Gasteiger partial charge in [0.05, 0.1) is 6.61 Å². The van der Waals surface area contributed by atoms with Crippen molar-refractivity contribution in [2.24, 2.45) is 0 Å². The SMILES string of the molecule is CCCCCCC/C=C\C/C=C\CCCCCCCCCCCCCCCCCCCCCCCCCCCC(=O)OC(CO)COC(=O)CCCCCCCCCCCCC. The lowest BCUT2D eigenvalue weighted by atomic mass is 10.0. The van der Waals surface area contributed by atoms with E-state index in [9.17, 15) is 14.7 Å². The van der Waals surface area contributed by atoms with Crippen LogP contribution in [0.1, 0.15) is 309 Å². The fourth-order valence-electron chi connectivity index (χ4n) is 8.53. The van der Waals surface area contributed by atoms with Crippen LogP contribution in [0, 0.1) is 0 Å². The van der Waals surface area contributed by atoms with Gasteiger partial charge < -0.3 is 14.6 Å². The van der Waals surface area contributed by atoms with Crippen LogP contribution in [-0.4, -0.2) is 36.4 Å². The first-order chi connectivity index (χ1) is 30.6. The predicted molar refractivity (Wildman–Crippen MR) is 270 cm³/mol. The Morgan fingerprint density at radius 3 is 0.952 bits per heavy atom. The van der Waals surface area contributed by atoms with E-state index >= 15 is 0 Å². The quantitative estimate of drug-likeness (QED) is 0.0374. The van der Waals surface area contributed by atoms with Gasteiger partial charge in [-0.15, -0.1) is 0 Å². The Hall–Kier alpha value is -1.62. The van der Waals surface area contributed by atoms with Crippen molar-refractivity contribution in [1.82, 2.24) is 0 Å². The minimum absolute atomic E-state index is 0.0585. The molecule has 0 saturated heterocycles. The zero-order chi connectivity index (χ0) is 44.9. The molecule has 0 saturated carbocycles. The van der Waals surface area contributed by atoms with Gasteiger partial charge in [0, 0.05) is 12.8 Å². The molecule has 0 heterocycles. The van der Waals surface area contributed by atoms with Gasteiger partial charge in [0.15, 0.2) is 6.10 Å². The molecule has 0 amide bonds. The Kier molecular flexibility index (Phi) is 52.3. The smallest absolute Gasteiger partial charge is 0.306 e. The third-order valence-corrected chi connectivity index (χ3v) is 12.7. The highest BCUT2D eigenvalue weighted by Crippen LogP contribution is 2.17. The number of aliphatic hydroxyl groups excluding tert-OH is 1. The summed E-state index contributed by atoms with van der Waals surface area (Å²) in [4.78, 5) is 24.3. The summed E-state index contributed by atoms with van der Waals surface area (Å²) in [6.07, 6.45) is 67.5. The van der Waals surface area contributed by atoms with Crippen LogP contribution in [0.15, 0.2) is 24.3 Å². The zero-order valence-corrected chi connectivity index (χ0v) is 41.9. The lowest BCUT2D eigenvalue weighted by Crippen LogP contribution is -2.28. The van der Waals surface area contributed by atoms with Gasteiger partial charge in [-0.25, -0.2) is 0 Å². The maximum Gasteiger partial charge on any atom is 0.306 e. The van der Waals surface area contributed by atoms with Crippen LogP contribution < -0.4 is 0 Å². The van der Waals surface area contributed by atoms with Gasteiger partial charge in [-0.3, -0.25) is 9.59 Å². The molecule has 0 aliphatic heterocycles. The molecular weight excluding hydrogens is 765 g/mol. The highest BCUT2D eigenvalue weighted by molar-refractivity contribution is 5.70. The van der Waals surface area contributed by atoms with E-state index in [1.165, 1.54) is 238 Å². The second-order valence-corrected chi connectivity index (χ2v) is 19.0. The van der Waals surface area contributed by atoms with Gasteiger partial charge in [-0.05, 0) is 44.9 Å². The van der Waals surface area contributed by atoms with E-state index in [1.54, 1.807) is 0 Å². The van der Waals surface area contributed by atoms with Gasteiger partial charge in [0.2, 0.25) is 0 Å².